The first kappa shape index (κ1) is 14.4. The predicted molar refractivity (Wildman–Crippen MR) is 65.2 cm³/mol. The van der Waals surface area contributed by atoms with Crippen LogP contribution in [0.4, 0.5) is 13.2 Å². The lowest BCUT2D eigenvalue weighted by Crippen LogP contribution is -2.28. The van der Waals surface area contributed by atoms with Crippen LogP contribution in [0.1, 0.15) is 11.6 Å². The molecule has 0 bridgehead atoms. The van der Waals surface area contributed by atoms with E-state index in [1.54, 1.807) is 0 Å². The normalized spacial score (nSPS) is 13.4. The smallest absolute Gasteiger partial charge is 0.407 e. The van der Waals surface area contributed by atoms with Gasteiger partial charge < -0.3 is 15.2 Å². The maximum Gasteiger partial charge on any atom is 0.407 e. The Hall–Kier alpha value is -0.700. The van der Waals surface area contributed by atoms with Crippen molar-refractivity contribution in [2.45, 2.75) is 12.2 Å². The summed E-state index contributed by atoms with van der Waals surface area (Å²) in [4.78, 5) is 0. The zero-order valence-electron chi connectivity index (χ0n) is 9.14. The van der Waals surface area contributed by atoms with E-state index in [4.69, 9.17) is 15.2 Å². The fourth-order valence-corrected chi connectivity index (χ4v) is 2.15. The first-order valence-corrected chi connectivity index (χ1v) is 5.62. The fourth-order valence-electron chi connectivity index (χ4n) is 1.31. The molecule has 96 valence electrons. The van der Waals surface area contributed by atoms with Gasteiger partial charge in [0, 0.05) is 0 Å². The molecule has 0 fully saturated rings. The van der Waals surface area contributed by atoms with E-state index in [0.717, 1.165) is 0 Å². The molecule has 3 nitrogen and oxygen atoms in total. The highest BCUT2D eigenvalue weighted by Crippen LogP contribution is 2.38. The van der Waals surface area contributed by atoms with E-state index in [-0.39, 0.29) is 11.3 Å². The third-order valence-electron chi connectivity index (χ3n) is 2.17. The topological polar surface area (TPSA) is 44.5 Å². The Morgan fingerprint density at radius 1 is 1.24 bits per heavy atom. The molecule has 0 radical (unpaired) electrons. The van der Waals surface area contributed by atoms with Crippen molar-refractivity contribution in [2.24, 2.45) is 5.73 Å². The molecule has 1 atom stereocenters. The second-order valence-electron chi connectivity index (χ2n) is 3.26. The van der Waals surface area contributed by atoms with Crippen LogP contribution in [0.5, 0.6) is 11.5 Å². The molecule has 0 amide bonds. The van der Waals surface area contributed by atoms with Gasteiger partial charge in [-0.25, -0.2) is 0 Å². The minimum absolute atomic E-state index is 0.0560. The van der Waals surface area contributed by atoms with E-state index in [9.17, 15) is 13.2 Å². The van der Waals surface area contributed by atoms with Gasteiger partial charge >= 0.3 is 6.18 Å². The van der Waals surface area contributed by atoms with E-state index >= 15 is 0 Å². The molecule has 0 unspecified atom stereocenters. The van der Waals surface area contributed by atoms with Crippen molar-refractivity contribution in [1.29, 1.82) is 0 Å². The van der Waals surface area contributed by atoms with E-state index in [0.29, 0.717) is 9.32 Å². The Morgan fingerprint density at radius 3 is 2.24 bits per heavy atom. The van der Waals surface area contributed by atoms with Crippen molar-refractivity contribution < 1.29 is 22.6 Å². The van der Waals surface area contributed by atoms with Gasteiger partial charge in [0.05, 0.1) is 17.8 Å². The molecule has 1 aromatic rings. The quantitative estimate of drug-likeness (QED) is 0.843. The molecule has 1 rings (SSSR count). The maximum absolute atomic E-state index is 12.5. The number of nitrogens with two attached hydrogens (primary N) is 1. The van der Waals surface area contributed by atoms with Crippen LogP contribution in [0, 0.1) is 3.57 Å². The SMILES string of the molecule is COc1cc([C@H](N)C(F)(F)F)cc(I)c1OC. The highest BCUT2D eigenvalue weighted by atomic mass is 127. The summed E-state index contributed by atoms with van der Waals surface area (Å²) >= 11 is 1.87. The molecule has 1 aromatic carbocycles. The number of halogens is 4. The zero-order chi connectivity index (χ0) is 13.2. The van der Waals surface area contributed by atoms with Crippen LogP contribution in [0.2, 0.25) is 0 Å². The average molecular weight is 361 g/mol. The number of hydrogen-bond donors (Lipinski definition) is 1. The monoisotopic (exact) mass is 361 g/mol. The van der Waals surface area contributed by atoms with Gasteiger partial charge in [0.2, 0.25) is 0 Å². The largest absolute Gasteiger partial charge is 0.493 e. The average Bonchev–Trinajstić information content (AvgIpc) is 2.25. The van der Waals surface area contributed by atoms with Gasteiger partial charge in [0.25, 0.3) is 0 Å². The lowest BCUT2D eigenvalue weighted by molar-refractivity contribution is -0.149. The van der Waals surface area contributed by atoms with E-state index in [2.05, 4.69) is 0 Å². The first-order chi connectivity index (χ1) is 7.81. The fraction of sp³-hybridized carbons (Fsp3) is 0.400. The molecule has 0 spiro atoms. The number of hydrogen-bond acceptors (Lipinski definition) is 3. The molecule has 0 saturated heterocycles. The van der Waals surface area contributed by atoms with Crippen molar-refractivity contribution in [2.75, 3.05) is 14.2 Å². The predicted octanol–water partition coefficient (Wildman–Crippen LogP) is 2.87. The van der Waals surface area contributed by atoms with E-state index in [1.165, 1.54) is 26.4 Å². The molecule has 0 aliphatic rings. The van der Waals surface area contributed by atoms with Crippen molar-refractivity contribution >= 4 is 22.6 Å². The molecule has 17 heavy (non-hydrogen) atoms. The number of methoxy groups -OCH3 is 2. The van der Waals surface area contributed by atoms with Gasteiger partial charge in [-0.3, -0.25) is 0 Å². The molecule has 0 heterocycles. The van der Waals surface area contributed by atoms with E-state index in [1.807, 2.05) is 22.6 Å². The molecule has 0 saturated carbocycles. The highest BCUT2D eigenvalue weighted by molar-refractivity contribution is 14.1. The van der Waals surface area contributed by atoms with Gasteiger partial charge in [0.15, 0.2) is 11.5 Å². The van der Waals surface area contributed by atoms with Gasteiger partial charge in [-0.05, 0) is 40.3 Å². The zero-order valence-corrected chi connectivity index (χ0v) is 11.3. The molecular weight excluding hydrogens is 350 g/mol. The van der Waals surface area contributed by atoms with Crippen LogP contribution in [0.15, 0.2) is 12.1 Å². The summed E-state index contributed by atoms with van der Waals surface area (Å²) in [6.07, 6.45) is -4.48. The summed E-state index contributed by atoms with van der Waals surface area (Å²) in [6, 6.07) is 0.537. The summed E-state index contributed by atoms with van der Waals surface area (Å²) < 4.78 is 48.0. The lowest BCUT2D eigenvalue weighted by Gasteiger charge is -2.18. The Kier molecular flexibility index (Phi) is 4.48. The van der Waals surface area contributed by atoms with Crippen LogP contribution in [0.25, 0.3) is 0 Å². The van der Waals surface area contributed by atoms with Crippen LogP contribution >= 0.6 is 22.6 Å². The third kappa shape index (κ3) is 3.15. The Bertz CT molecular complexity index is 409. The van der Waals surface area contributed by atoms with Crippen LogP contribution < -0.4 is 15.2 Å². The van der Waals surface area contributed by atoms with Gasteiger partial charge in [-0.15, -0.1) is 0 Å². The second-order valence-corrected chi connectivity index (χ2v) is 4.42. The molecule has 7 heteroatoms. The Labute approximate surface area is 110 Å². The third-order valence-corrected chi connectivity index (χ3v) is 2.97. The standard InChI is InChI=1S/C10H11F3INO2/c1-16-7-4-5(9(15)10(11,12)13)3-6(14)8(7)17-2/h3-4,9H,15H2,1-2H3/t9-/m0/s1. The van der Waals surface area contributed by atoms with Crippen molar-refractivity contribution in [1.82, 2.24) is 0 Å². The Morgan fingerprint density at radius 2 is 1.82 bits per heavy atom. The summed E-state index contributed by atoms with van der Waals surface area (Å²) in [7, 11) is 2.78. The van der Waals surface area contributed by atoms with E-state index < -0.39 is 12.2 Å². The first-order valence-electron chi connectivity index (χ1n) is 4.55. The van der Waals surface area contributed by atoms with Crippen molar-refractivity contribution in [3.63, 3.8) is 0 Å². The van der Waals surface area contributed by atoms with Gasteiger partial charge in [-0.2, -0.15) is 13.2 Å². The van der Waals surface area contributed by atoms with Crippen molar-refractivity contribution in [3.05, 3.63) is 21.3 Å². The van der Waals surface area contributed by atoms with Gasteiger partial charge in [-0.1, -0.05) is 0 Å². The highest BCUT2D eigenvalue weighted by Gasteiger charge is 2.38. The lowest BCUT2D eigenvalue weighted by atomic mass is 10.1. The molecular formula is C10H11F3INO2. The van der Waals surface area contributed by atoms with Gasteiger partial charge in [0.1, 0.15) is 6.04 Å². The van der Waals surface area contributed by atoms with Crippen LogP contribution in [-0.4, -0.2) is 20.4 Å². The van der Waals surface area contributed by atoms with Crippen LogP contribution in [-0.2, 0) is 0 Å². The number of benzene rings is 1. The summed E-state index contributed by atoms with van der Waals surface area (Å²) in [5.41, 5.74) is 5.08. The summed E-state index contributed by atoms with van der Waals surface area (Å²) in [6.45, 7) is 0. The maximum atomic E-state index is 12.5. The molecule has 2 N–H and O–H groups in total. The molecule has 0 aliphatic carbocycles. The molecule has 0 aromatic heterocycles. The Balaban J connectivity index is 3.25. The van der Waals surface area contributed by atoms with Crippen LogP contribution in [0.3, 0.4) is 0 Å². The second kappa shape index (κ2) is 5.30. The number of rotatable bonds is 3. The minimum atomic E-state index is -4.48. The number of alkyl halides is 3. The van der Waals surface area contributed by atoms with Crippen molar-refractivity contribution in [3.8, 4) is 11.5 Å². The summed E-state index contributed by atoms with van der Waals surface area (Å²) in [5.74, 6) is 0.625. The number of ether oxygens (including phenoxy) is 2. The molecule has 0 aliphatic heterocycles. The summed E-state index contributed by atoms with van der Waals surface area (Å²) in [5, 5.41) is 0. The minimum Gasteiger partial charge on any atom is -0.493 e.